The average molecular weight is 505 g/mol. The highest BCUT2D eigenvalue weighted by Crippen LogP contribution is 2.36. The second kappa shape index (κ2) is 14.6. The van der Waals surface area contributed by atoms with E-state index in [2.05, 4.69) is 21.2 Å². The van der Waals surface area contributed by atoms with Gasteiger partial charge in [0.1, 0.15) is 0 Å². The normalized spacial score (nSPS) is 10.6. The molecule has 0 atom stereocenters. The molecule has 2 rings (SSSR count). The van der Waals surface area contributed by atoms with Crippen molar-refractivity contribution in [3.8, 4) is 11.5 Å². The van der Waals surface area contributed by atoms with Crippen LogP contribution in [0.15, 0.2) is 41.5 Å². The number of rotatable bonds is 12. The van der Waals surface area contributed by atoms with Crippen LogP contribution in [0.4, 0.5) is 5.69 Å². The zero-order valence-electron chi connectivity index (χ0n) is 19.9. The molecule has 0 aliphatic rings. The molecule has 0 saturated carbocycles. The summed E-state index contributed by atoms with van der Waals surface area (Å²) in [6, 6.07) is 10.5. The third kappa shape index (κ3) is 9.63. The Morgan fingerprint density at radius 1 is 1.09 bits per heavy atom. The van der Waals surface area contributed by atoms with Crippen molar-refractivity contribution in [2.24, 2.45) is 5.10 Å². The average Bonchev–Trinajstić information content (AvgIpc) is 2.82. The third-order valence-corrected chi connectivity index (χ3v) is 4.69. The van der Waals surface area contributed by atoms with Crippen LogP contribution in [-0.2, 0) is 19.1 Å². The predicted molar refractivity (Wildman–Crippen MR) is 133 cm³/mol. The minimum atomic E-state index is -0.908. The molecule has 0 spiro atoms. The van der Waals surface area contributed by atoms with Gasteiger partial charge in [0.15, 0.2) is 18.1 Å². The van der Waals surface area contributed by atoms with Gasteiger partial charge in [-0.3, -0.25) is 14.4 Å². The molecule has 35 heavy (non-hydrogen) atoms. The largest absolute Gasteiger partial charge is 0.490 e. The number of benzene rings is 2. The number of carbonyl (C=O) groups excluding carboxylic acids is 3. The molecule has 0 aromatic heterocycles. The maximum absolute atomic E-state index is 12.3. The molecule has 11 heteroatoms. The number of aryl methyl sites for hydroxylation is 1. The Morgan fingerprint density at radius 3 is 2.51 bits per heavy atom. The van der Waals surface area contributed by atoms with Crippen molar-refractivity contribution in [1.29, 1.82) is 0 Å². The first kappa shape index (κ1) is 27.6. The highest BCUT2D eigenvalue weighted by Gasteiger charge is 2.15. The van der Waals surface area contributed by atoms with Crippen molar-refractivity contribution in [1.82, 2.24) is 10.7 Å². The first-order chi connectivity index (χ1) is 16.8. The number of hydrogen-bond acceptors (Lipinski definition) is 7. The van der Waals surface area contributed by atoms with Crippen molar-refractivity contribution in [3.63, 3.8) is 0 Å². The summed E-state index contributed by atoms with van der Waals surface area (Å²) in [6.45, 7) is 4.56. The fourth-order valence-corrected chi connectivity index (χ4v) is 3.03. The molecule has 3 N–H and O–H groups in total. The lowest BCUT2D eigenvalue weighted by Crippen LogP contribution is -2.38. The summed E-state index contributed by atoms with van der Waals surface area (Å²) < 4.78 is 16.1. The van der Waals surface area contributed by atoms with Gasteiger partial charge in [0.2, 0.25) is 0 Å². The molecule has 0 radical (unpaired) electrons. The summed E-state index contributed by atoms with van der Waals surface area (Å²) in [5.41, 5.74) is 4.36. The lowest BCUT2D eigenvalue weighted by Gasteiger charge is -2.14. The standard InChI is InChI=1S/C24H29ClN4O6/c1-4-34-20-13-17(14-27-29-24(32)23(31)26-10-5-11-33-3)12-19(25)22(20)35-15-21(30)28-18-8-6-16(2)7-9-18/h6-9,12-14H,4-5,10-11,15H2,1-3H3,(H,26,31)(H,28,30)(H,29,32)/b27-14-. The first-order valence-electron chi connectivity index (χ1n) is 10.9. The lowest BCUT2D eigenvalue weighted by molar-refractivity contribution is -0.139. The van der Waals surface area contributed by atoms with Crippen LogP contribution < -0.4 is 25.5 Å². The summed E-state index contributed by atoms with van der Waals surface area (Å²) >= 11 is 6.35. The Labute approximate surface area is 209 Å². The second-order valence-corrected chi connectivity index (χ2v) is 7.67. The van der Waals surface area contributed by atoms with Crippen LogP contribution in [0.5, 0.6) is 11.5 Å². The van der Waals surface area contributed by atoms with Gasteiger partial charge in [-0.1, -0.05) is 29.3 Å². The quantitative estimate of drug-likeness (QED) is 0.176. The number of carbonyl (C=O) groups is 3. The number of halogens is 1. The van der Waals surface area contributed by atoms with Crippen LogP contribution in [0, 0.1) is 6.92 Å². The molecule has 2 aromatic rings. The van der Waals surface area contributed by atoms with Gasteiger partial charge in [-0.05, 0) is 50.1 Å². The van der Waals surface area contributed by atoms with Gasteiger partial charge in [0.25, 0.3) is 5.91 Å². The van der Waals surface area contributed by atoms with Gasteiger partial charge in [-0.2, -0.15) is 5.10 Å². The van der Waals surface area contributed by atoms with E-state index in [9.17, 15) is 14.4 Å². The van der Waals surface area contributed by atoms with Gasteiger partial charge in [-0.15, -0.1) is 0 Å². The molecular formula is C24H29ClN4O6. The van der Waals surface area contributed by atoms with Gasteiger partial charge in [0, 0.05) is 25.9 Å². The number of ether oxygens (including phenoxy) is 3. The molecule has 0 saturated heterocycles. The molecule has 0 aliphatic heterocycles. The molecule has 2 aromatic carbocycles. The Balaban J connectivity index is 1.97. The minimum Gasteiger partial charge on any atom is -0.490 e. The van der Waals surface area contributed by atoms with E-state index in [4.69, 9.17) is 25.8 Å². The Bertz CT molecular complexity index is 1040. The Kier molecular flexibility index (Phi) is 11.5. The zero-order valence-corrected chi connectivity index (χ0v) is 20.6. The van der Waals surface area contributed by atoms with Crippen LogP contribution in [0.25, 0.3) is 0 Å². The molecule has 188 valence electrons. The van der Waals surface area contributed by atoms with Gasteiger partial charge in [-0.25, -0.2) is 5.43 Å². The Morgan fingerprint density at radius 2 is 1.83 bits per heavy atom. The molecule has 0 fully saturated rings. The molecule has 0 unspecified atom stereocenters. The minimum absolute atomic E-state index is 0.183. The van der Waals surface area contributed by atoms with Crippen molar-refractivity contribution < 1.29 is 28.6 Å². The maximum Gasteiger partial charge on any atom is 0.329 e. The molecule has 10 nitrogen and oxygen atoms in total. The zero-order chi connectivity index (χ0) is 25.6. The van der Waals surface area contributed by atoms with E-state index in [1.165, 1.54) is 12.3 Å². The van der Waals surface area contributed by atoms with Gasteiger partial charge >= 0.3 is 11.8 Å². The smallest absolute Gasteiger partial charge is 0.329 e. The molecular weight excluding hydrogens is 476 g/mol. The first-order valence-corrected chi connectivity index (χ1v) is 11.3. The molecule has 0 aliphatic carbocycles. The van der Waals surface area contributed by atoms with E-state index in [0.29, 0.717) is 43.2 Å². The molecule has 0 heterocycles. The number of nitrogens with zero attached hydrogens (tertiary/aromatic N) is 1. The number of amides is 3. The van der Waals surface area contributed by atoms with Crippen molar-refractivity contribution in [3.05, 3.63) is 52.5 Å². The van der Waals surface area contributed by atoms with E-state index in [0.717, 1.165) is 5.56 Å². The number of anilines is 1. The second-order valence-electron chi connectivity index (χ2n) is 7.27. The third-order valence-electron chi connectivity index (χ3n) is 4.41. The van der Waals surface area contributed by atoms with Crippen LogP contribution in [-0.4, -0.2) is 57.4 Å². The number of methoxy groups -OCH3 is 1. The van der Waals surface area contributed by atoms with Gasteiger partial charge in [0.05, 0.1) is 17.8 Å². The van der Waals surface area contributed by atoms with Crippen LogP contribution in [0.3, 0.4) is 0 Å². The number of hydrogen-bond donors (Lipinski definition) is 3. The molecule has 0 bridgehead atoms. The summed E-state index contributed by atoms with van der Waals surface area (Å²) in [7, 11) is 1.55. The van der Waals surface area contributed by atoms with Gasteiger partial charge < -0.3 is 24.8 Å². The number of hydrazone groups is 1. The summed E-state index contributed by atoms with van der Waals surface area (Å²) in [4.78, 5) is 35.8. The predicted octanol–water partition coefficient (Wildman–Crippen LogP) is 2.67. The van der Waals surface area contributed by atoms with Crippen molar-refractivity contribution in [2.75, 3.05) is 38.8 Å². The lowest BCUT2D eigenvalue weighted by atomic mass is 10.2. The topological polar surface area (TPSA) is 127 Å². The van der Waals surface area contributed by atoms with Crippen LogP contribution >= 0.6 is 11.6 Å². The fraction of sp³-hybridized carbons (Fsp3) is 0.333. The van der Waals surface area contributed by atoms with E-state index < -0.39 is 11.8 Å². The summed E-state index contributed by atoms with van der Waals surface area (Å²) in [5, 5.41) is 9.15. The van der Waals surface area contributed by atoms with E-state index in [-0.39, 0.29) is 23.3 Å². The van der Waals surface area contributed by atoms with Crippen molar-refractivity contribution in [2.45, 2.75) is 20.3 Å². The monoisotopic (exact) mass is 504 g/mol. The van der Waals surface area contributed by atoms with Crippen molar-refractivity contribution >= 4 is 41.2 Å². The van der Waals surface area contributed by atoms with E-state index in [1.54, 1.807) is 32.2 Å². The van der Waals surface area contributed by atoms with Crippen LogP contribution in [0.1, 0.15) is 24.5 Å². The fourth-order valence-electron chi connectivity index (χ4n) is 2.75. The SMILES string of the molecule is CCOc1cc(/C=N\NC(=O)C(=O)NCCCOC)cc(Cl)c1OCC(=O)Nc1ccc(C)cc1. The maximum atomic E-state index is 12.3. The van der Waals surface area contributed by atoms with Crippen LogP contribution in [0.2, 0.25) is 5.02 Å². The highest BCUT2D eigenvalue weighted by molar-refractivity contribution is 6.35. The van der Waals surface area contributed by atoms with E-state index in [1.807, 2.05) is 19.1 Å². The summed E-state index contributed by atoms with van der Waals surface area (Å²) in [5.74, 6) is -1.58. The summed E-state index contributed by atoms with van der Waals surface area (Å²) in [6.07, 6.45) is 1.89. The Hall–Kier alpha value is -3.63. The highest BCUT2D eigenvalue weighted by atomic mass is 35.5. The number of nitrogens with one attached hydrogen (secondary N) is 3. The van der Waals surface area contributed by atoms with E-state index >= 15 is 0 Å². The molecule has 3 amide bonds.